The first-order valence-electron chi connectivity index (χ1n) is 5.04. The zero-order valence-electron chi connectivity index (χ0n) is 8.68. The summed E-state index contributed by atoms with van der Waals surface area (Å²) in [5.41, 5.74) is 0. The average Bonchev–Trinajstić information content (AvgIpc) is 2.90. The molecule has 1 aliphatic heterocycles. The predicted octanol–water partition coefficient (Wildman–Crippen LogP) is 1.25. The van der Waals surface area contributed by atoms with Crippen molar-refractivity contribution in [3.63, 3.8) is 0 Å². The topological polar surface area (TPSA) is 47.0 Å². The fraction of sp³-hybridized carbons (Fsp3) is 0.778. The maximum Gasteiger partial charge on any atom is 0.169 e. The largest absolute Gasteiger partial charge is 0.381 e. The van der Waals surface area contributed by atoms with E-state index in [9.17, 15) is 0 Å². The molecule has 84 valence electrons. The van der Waals surface area contributed by atoms with Gasteiger partial charge in [-0.05, 0) is 25.0 Å². The van der Waals surface area contributed by atoms with Crippen LogP contribution in [-0.2, 0) is 4.74 Å². The van der Waals surface area contributed by atoms with Gasteiger partial charge in [-0.2, -0.15) is 4.37 Å². The Morgan fingerprint density at radius 1 is 1.80 bits per heavy atom. The first-order chi connectivity index (χ1) is 7.40. The molecule has 0 amide bonds. The van der Waals surface area contributed by atoms with Crippen molar-refractivity contribution in [1.82, 2.24) is 14.7 Å². The second-order valence-electron chi connectivity index (χ2n) is 3.54. The van der Waals surface area contributed by atoms with E-state index in [0.717, 1.165) is 23.3 Å². The SMILES string of the molecule is CNC(CSc1ncns1)C1CCOC1. The van der Waals surface area contributed by atoms with Gasteiger partial charge in [0.15, 0.2) is 4.34 Å². The summed E-state index contributed by atoms with van der Waals surface area (Å²) in [6, 6.07) is 0.515. The molecule has 1 saturated heterocycles. The third-order valence-electron chi connectivity index (χ3n) is 2.63. The van der Waals surface area contributed by atoms with E-state index < -0.39 is 0 Å². The van der Waals surface area contributed by atoms with Gasteiger partial charge in [0, 0.05) is 24.3 Å². The van der Waals surface area contributed by atoms with Gasteiger partial charge in [0.1, 0.15) is 6.33 Å². The van der Waals surface area contributed by atoms with Crippen molar-refractivity contribution >= 4 is 23.3 Å². The Kier molecular flexibility index (Phi) is 4.37. The van der Waals surface area contributed by atoms with Gasteiger partial charge in [-0.25, -0.2) is 4.98 Å². The quantitative estimate of drug-likeness (QED) is 0.791. The van der Waals surface area contributed by atoms with Crippen LogP contribution in [0.3, 0.4) is 0 Å². The predicted molar refractivity (Wildman–Crippen MR) is 62.4 cm³/mol. The molecule has 0 spiro atoms. The minimum atomic E-state index is 0.515. The minimum Gasteiger partial charge on any atom is -0.381 e. The van der Waals surface area contributed by atoms with Crippen molar-refractivity contribution in [1.29, 1.82) is 0 Å². The number of nitrogens with one attached hydrogen (secondary N) is 1. The molecule has 0 saturated carbocycles. The summed E-state index contributed by atoms with van der Waals surface area (Å²) in [6.07, 6.45) is 2.78. The molecule has 1 aromatic rings. The summed E-state index contributed by atoms with van der Waals surface area (Å²) in [5.74, 6) is 1.69. The van der Waals surface area contributed by atoms with Gasteiger partial charge in [-0.3, -0.25) is 0 Å². The van der Waals surface area contributed by atoms with Crippen LogP contribution in [0.25, 0.3) is 0 Å². The molecule has 15 heavy (non-hydrogen) atoms. The molecule has 1 fully saturated rings. The number of thioether (sulfide) groups is 1. The van der Waals surface area contributed by atoms with Crippen molar-refractivity contribution in [3.8, 4) is 0 Å². The molecule has 6 heteroatoms. The smallest absolute Gasteiger partial charge is 0.169 e. The highest BCUT2D eigenvalue weighted by molar-refractivity contribution is 8.00. The summed E-state index contributed by atoms with van der Waals surface area (Å²) in [7, 11) is 2.02. The lowest BCUT2D eigenvalue weighted by molar-refractivity contribution is 0.180. The van der Waals surface area contributed by atoms with Gasteiger partial charge in [0.05, 0.1) is 6.61 Å². The maximum atomic E-state index is 5.40. The van der Waals surface area contributed by atoms with Crippen LogP contribution < -0.4 is 5.32 Å². The van der Waals surface area contributed by atoms with Crippen LogP contribution in [0.5, 0.6) is 0 Å². The number of hydrogen-bond acceptors (Lipinski definition) is 6. The summed E-state index contributed by atoms with van der Waals surface area (Å²) >= 11 is 3.23. The Hall–Kier alpha value is -0.170. The van der Waals surface area contributed by atoms with Crippen molar-refractivity contribution in [2.24, 2.45) is 5.92 Å². The molecule has 0 aromatic carbocycles. The summed E-state index contributed by atoms with van der Waals surface area (Å²) in [6.45, 7) is 1.80. The van der Waals surface area contributed by atoms with E-state index in [1.807, 2.05) is 7.05 Å². The van der Waals surface area contributed by atoms with E-state index in [-0.39, 0.29) is 0 Å². The lowest BCUT2D eigenvalue weighted by Gasteiger charge is -2.20. The zero-order valence-corrected chi connectivity index (χ0v) is 10.3. The Balaban J connectivity index is 1.80. The highest BCUT2D eigenvalue weighted by Gasteiger charge is 2.24. The Labute approximate surface area is 98.0 Å². The van der Waals surface area contributed by atoms with Crippen LogP contribution >= 0.6 is 23.3 Å². The molecule has 4 nitrogen and oxygen atoms in total. The minimum absolute atomic E-state index is 0.515. The van der Waals surface area contributed by atoms with E-state index in [1.165, 1.54) is 18.0 Å². The Morgan fingerprint density at radius 2 is 2.73 bits per heavy atom. The molecule has 2 heterocycles. The second-order valence-corrected chi connectivity index (χ2v) is 5.58. The van der Waals surface area contributed by atoms with Gasteiger partial charge in [0.25, 0.3) is 0 Å². The lowest BCUT2D eigenvalue weighted by atomic mass is 10.0. The number of nitrogens with zero attached hydrogens (tertiary/aromatic N) is 2. The molecule has 0 radical (unpaired) electrons. The second kappa shape index (κ2) is 5.79. The van der Waals surface area contributed by atoms with Gasteiger partial charge >= 0.3 is 0 Å². The van der Waals surface area contributed by atoms with E-state index in [0.29, 0.717) is 12.0 Å². The highest BCUT2D eigenvalue weighted by Crippen LogP contribution is 2.24. The van der Waals surface area contributed by atoms with Crippen molar-refractivity contribution < 1.29 is 4.74 Å². The number of aromatic nitrogens is 2. The highest BCUT2D eigenvalue weighted by atomic mass is 32.2. The number of ether oxygens (including phenoxy) is 1. The normalized spacial score (nSPS) is 23.1. The van der Waals surface area contributed by atoms with Crippen LogP contribution in [0.4, 0.5) is 0 Å². The first kappa shape index (κ1) is 11.3. The molecule has 1 N–H and O–H groups in total. The molecule has 1 aliphatic rings. The average molecular weight is 245 g/mol. The van der Waals surface area contributed by atoms with Crippen LogP contribution in [0.15, 0.2) is 10.7 Å². The molecule has 0 aliphatic carbocycles. The molecular weight excluding hydrogens is 230 g/mol. The van der Waals surface area contributed by atoms with E-state index >= 15 is 0 Å². The van der Waals surface area contributed by atoms with Crippen LogP contribution in [0.2, 0.25) is 0 Å². The van der Waals surface area contributed by atoms with Crippen LogP contribution in [0, 0.1) is 5.92 Å². The maximum absolute atomic E-state index is 5.40. The van der Waals surface area contributed by atoms with Crippen molar-refractivity contribution in [2.75, 3.05) is 26.0 Å². The third-order valence-corrected chi connectivity index (χ3v) is 4.55. The standard InChI is InChI=1S/C9H15N3OS2/c1-10-8(7-2-3-13-4-7)5-14-9-11-6-12-15-9/h6-8,10H,2-5H2,1H3. The van der Waals surface area contributed by atoms with Gasteiger partial charge in [-0.1, -0.05) is 11.8 Å². The summed E-state index contributed by atoms with van der Waals surface area (Å²) in [4.78, 5) is 4.16. The Morgan fingerprint density at radius 3 is 3.33 bits per heavy atom. The van der Waals surface area contributed by atoms with Gasteiger partial charge in [0.2, 0.25) is 0 Å². The van der Waals surface area contributed by atoms with Crippen LogP contribution in [0.1, 0.15) is 6.42 Å². The van der Waals surface area contributed by atoms with Gasteiger partial charge < -0.3 is 10.1 Å². The lowest BCUT2D eigenvalue weighted by Crippen LogP contribution is -2.36. The Bertz CT molecular complexity index is 275. The van der Waals surface area contributed by atoms with E-state index in [2.05, 4.69) is 14.7 Å². The fourth-order valence-electron chi connectivity index (χ4n) is 1.71. The molecule has 2 unspecified atom stereocenters. The van der Waals surface area contributed by atoms with E-state index in [4.69, 9.17) is 4.74 Å². The molecular formula is C9H15N3OS2. The fourth-order valence-corrected chi connectivity index (χ4v) is 3.42. The number of hydrogen-bond donors (Lipinski definition) is 1. The summed E-state index contributed by atoms with van der Waals surface area (Å²) < 4.78 is 10.4. The zero-order chi connectivity index (χ0) is 10.5. The molecule has 1 aromatic heterocycles. The van der Waals surface area contributed by atoms with Crippen molar-refractivity contribution in [2.45, 2.75) is 16.8 Å². The third kappa shape index (κ3) is 3.14. The van der Waals surface area contributed by atoms with Crippen LogP contribution in [-0.4, -0.2) is 41.4 Å². The van der Waals surface area contributed by atoms with Gasteiger partial charge in [-0.15, -0.1) is 0 Å². The number of rotatable bonds is 5. The van der Waals surface area contributed by atoms with Crippen molar-refractivity contribution in [3.05, 3.63) is 6.33 Å². The molecule has 0 bridgehead atoms. The molecule has 2 rings (SSSR count). The summed E-state index contributed by atoms with van der Waals surface area (Å²) in [5, 5.41) is 3.36. The molecule has 2 atom stereocenters. The first-order valence-corrected chi connectivity index (χ1v) is 6.80. The monoisotopic (exact) mass is 245 g/mol. The van der Waals surface area contributed by atoms with E-state index in [1.54, 1.807) is 18.1 Å².